The Morgan fingerprint density at radius 1 is 1.20 bits per heavy atom. The Labute approximate surface area is 152 Å². The maximum Gasteiger partial charge on any atom is 0.342 e. The number of nitrogens with one attached hydrogen (secondary N) is 1. The molecule has 1 aromatic carbocycles. The molecular formula is C19H21ClN2O3. The molecule has 0 aliphatic heterocycles. The molecule has 2 rings (SSSR count). The number of halogens is 1. The molecule has 5 nitrogen and oxygen atoms in total. The number of nitrogens with zero attached hydrogens (tertiary/aromatic N) is 1. The van der Waals surface area contributed by atoms with Crippen LogP contribution in [-0.2, 0) is 16.0 Å². The second kappa shape index (κ2) is 9.18. The first-order valence-corrected chi connectivity index (χ1v) is 8.46. The molecule has 1 heterocycles. The number of rotatable bonds is 7. The fourth-order valence-corrected chi connectivity index (χ4v) is 2.82. The summed E-state index contributed by atoms with van der Waals surface area (Å²) in [6.45, 7) is 3.72. The quantitative estimate of drug-likeness (QED) is 0.467. The second-order valence-electron chi connectivity index (χ2n) is 5.76. The van der Waals surface area contributed by atoms with E-state index in [1.54, 1.807) is 19.9 Å². The van der Waals surface area contributed by atoms with Gasteiger partial charge in [-0.3, -0.25) is 4.79 Å². The van der Waals surface area contributed by atoms with Crippen LogP contribution < -0.4 is 5.32 Å². The van der Waals surface area contributed by atoms with Crippen LogP contribution in [0, 0.1) is 13.8 Å². The molecule has 1 N–H and O–H groups in total. The largest absolute Gasteiger partial charge is 0.452 e. The zero-order valence-electron chi connectivity index (χ0n) is 14.3. The predicted octanol–water partition coefficient (Wildman–Crippen LogP) is 3.26. The van der Waals surface area contributed by atoms with Crippen LogP contribution in [0.1, 0.15) is 33.6 Å². The molecule has 0 atom stereocenters. The Morgan fingerprint density at radius 3 is 2.60 bits per heavy atom. The lowest BCUT2D eigenvalue weighted by Crippen LogP contribution is -2.30. The second-order valence-corrected chi connectivity index (χ2v) is 6.12. The van der Waals surface area contributed by atoms with Crippen LogP contribution in [0.15, 0.2) is 36.4 Å². The zero-order chi connectivity index (χ0) is 18.2. The van der Waals surface area contributed by atoms with Gasteiger partial charge in [0.15, 0.2) is 6.61 Å². The van der Waals surface area contributed by atoms with E-state index < -0.39 is 5.97 Å². The van der Waals surface area contributed by atoms with Gasteiger partial charge in [-0.05, 0) is 43.9 Å². The van der Waals surface area contributed by atoms with E-state index in [9.17, 15) is 9.59 Å². The van der Waals surface area contributed by atoms with Crippen molar-refractivity contribution >= 4 is 23.5 Å². The number of hydrogen-bond donors (Lipinski definition) is 1. The molecule has 132 valence electrons. The Kier molecular flexibility index (Phi) is 6.95. The summed E-state index contributed by atoms with van der Waals surface area (Å²) in [6.07, 6.45) is 1.70. The van der Waals surface area contributed by atoms with Gasteiger partial charge in [-0.2, -0.15) is 0 Å². The van der Waals surface area contributed by atoms with Crippen LogP contribution in [-0.4, -0.2) is 30.0 Å². The van der Waals surface area contributed by atoms with Gasteiger partial charge in [-0.25, -0.2) is 9.78 Å². The lowest BCUT2D eigenvalue weighted by molar-refractivity contribution is -0.124. The summed E-state index contributed by atoms with van der Waals surface area (Å²) in [4.78, 5) is 27.9. The summed E-state index contributed by atoms with van der Waals surface area (Å²) in [7, 11) is 0. The average molecular weight is 361 g/mol. The highest BCUT2D eigenvalue weighted by molar-refractivity contribution is 6.32. The summed E-state index contributed by atoms with van der Waals surface area (Å²) in [6, 6.07) is 11.8. The van der Waals surface area contributed by atoms with Gasteiger partial charge in [0, 0.05) is 12.2 Å². The molecule has 1 aromatic heterocycles. The molecule has 0 aliphatic rings. The van der Waals surface area contributed by atoms with E-state index in [1.165, 1.54) is 5.56 Å². The summed E-state index contributed by atoms with van der Waals surface area (Å²) < 4.78 is 5.03. The molecule has 0 unspecified atom stereocenters. The summed E-state index contributed by atoms with van der Waals surface area (Å²) >= 11 is 5.99. The minimum absolute atomic E-state index is 0.0887. The number of esters is 1. The van der Waals surface area contributed by atoms with E-state index in [0.717, 1.165) is 18.5 Å². The highest BCUT2D eigenvalue weighted by atomic mass is 35.5. The van der Waals surface area contributed by atoms with Crippen molar-refractivity contribution in [3.05, 3.63) is 63.9 Å². The van der Waals surface area contributed by atoms with Crippen LogP contribution in [0.2, 0.25) is 5.15 Å². The molecule has 1 amide bonds. The van der Waals surface area contributed by atoms with Gasteiger partial charge < -0.3 is 10.1 Å². The molecular weight excluding hydrogens is 340 g/mol. The molecule has 25 heavy (non-hydrogen) atoms. The van der Waals surface area contributed by atoms with Crippen molar-refractivity contribution in [1.29, 1.82) is 0 Å². The lowest BCUT2D eigenvalue weighted by atomic mass is 10.1. The van der Waals surface area contributed by atoms with Crippen molar-refractivity contribution in [2.24, 2.45) is 0 Å². The third-order valence-corrected chi connectivity index (χ3v) is 3.92. The zero-order valence-corrected chi connectivity index (χ0v) is 15.1. The minimum atomic E-state index is -0.644. The van der Waals surface area contributed by atoms with Crippen LogP contribution in [0.5, 0.6) is 0 Å². The van der Waals surface area contributed by atoms with E-state index in [-0.39, 0.29) is 23.2 Å². The summed E-state index contributed by atoms with van der Waals surface area (Å²) in [5.41, 5.74) is 2.81. The van der Waals surface area contributed by atoms with Crippen LogP contribution in [0.3, 0.4) is 0 Å². The monoisotopic (exact) mass is 360 g/mol. The number of carbonyl (C=O) groups excluding carboxylic acids is 2. The Hall–Kier alpha value is -2.40. The number of hydrogen-bond acceptors (Lipinski definition) is 4. The molecule has 0 fully saturated rings. The number of aryl methyl sites for hydroxylation is 3. The van der Waals surface area contributed by atoms with Gasteiger partial charge in [-0.1, -0.05) is 41.9 Å². The maximum absolute atomic E-state index is 12.1. The number of ether oxygens (including phenoxy) is 1. The van der Waals surface area contributed by atoms with Crippen molar-refractivity contribution in [3.8, 4) is 0 Å². The Balaban J connectivity index is 1.74. The normalized spacial score (nSPS) is 10.4. The van der Waals surface area contributed by atoms with Crippen molar-refractivity contribution in [2.45, 2.75) is 26.7 Å². The van der Waals surface area contributed by atoms with Gasteiger partial charge in [0.25, 0.3) is 5.91 Å². The van der Waals surface area contributed by atoms with E-state index in [1.807, 2.05) is 30.3 Å². The maximum atomic E-state index is 12.1. The van der Waals surface area contributed by atoms with E-state index >= 15 is 0 Å². The van der Waals surface area contributed by atoms with Gasteiger partial charge in [-0.15, -0.1) is 0 Å². The highest BCUT2D eigenvalue weighted by Crippen LogP contribution is 2.19. The number of amides is 1. The highest BCUT2D eigenvalue weighted by Gasteiger charge is 2.18. The SMILES string of the molecule is Cc1cc(C)c(C(=O)OCC(=O)NCCCc2ccccc2)c(Cl)n1. The smallest absolute Gasteiger partial charge is 0.342 e. The van der Waals surface area contributed by atoms with E-state index in [0.29, 0.717) is 12.1 Å². The third-order valence-electron chi connectivity index (χ3n) is 3.65. The molecule has 0 saturated heterocycles. The molecule has 0 aliphatic carbocycles. The average Bonchev–Trinajstić information content (AvgIpc) is 2.57. The first-order valence-electron chi connectivity index (χ1n) is 8.09. The molecule has 2 aromatic rings. The van der Waals surface area contributed by atoms with E-state index in [2.05, 4.69) is 10.3 Å². The first-order chi connectivity index (χ1) is 12.0. The molecule has 0 spiro atoms. The van der Waals surface area contributed by atoms with Crippen LogP contribution >= 0.6 is 11.6 Å². The first kappa shape index (κ1) is 18.9. The van der Waals surface area contributed by atoms with Crippen molar-refractivity contribution < 1.29 is 14.3 Å². The van der Waals surface area contributed by atoms with Crippen molar-refractivity contribution in [1.82, 2.24) is 10.3 Å². The van der Waals surface area contributed by atoms with Crippen molar-refractivity contribution in [2.75, 3.05) is 13.2 Å². The number of aromatic nitrogens is 1. The lowest BCUT2D eigenvalue weighted by Gasteiger charge is -2.09. The number of carbonyl (C=O) groups is 2. The minimum Gasteiger partial charge on any atom is -0.452 e. The topological polar surface area (TPSA) is 68.3 Å². The van der Waals surface area contributed by atoms with Gasteiger partial charge in [0.2, 0.25) is 0 Å². The standard InChI is InChI=1S/C19H21ClN2O3/c1-13-11-14(2)22-18(20)17(13)19(24)25-12-16(23)21-10-6-9-15-7-4-3-5-8-15/h3-5,7-8,11H,6,9-10,12H2,1-2H3,(H,21,23). The van der Waals surface area contributed by atoms with Gasteiger partial charge >= 0.3 is 5.97 Å². The van der Waals surface area contributed by atoms with Gasteiger partial charge in [0.1, 0.15) is 5.15 Å². The molecule has 0 radical (unpaired) electrons. The fraction of sp³-hybridized carbons (Fsp3) is 0.316. The number of pyridine rings is 1. The van der Waals surface area contributed by atoms with Crippen LogP contribution in [0.25, 0.3) is 0 Å². The molecule has 0 saturated carbocycles. The molecule has 0 bridgehead atoms. The van der Waals surface area contributed by atoms with Crippen molar-refractivity contribution in [3.63, 3.8) is 0 Å². The van der Waals surface area contributed by atoms with Gasteiger partial charge in [0.05, 0.1) is 5.56 Å². The van der Waals surface area contributed by atoms with E-state index in [4.69, 9.17) is 16.3 Å². The molecule has 6 heteroatoms. The number of benzene rings is 1. The van der Waals surface area contributed by atoms with Crippen LogP contribution in [0.4, 0.5) is 0 Å². The third kappa shape index (κ3) is 5.87. The summed E-state index contributed by atoms with van der Waals surface area (Å²) in [5.74, 6) is -0.982. The fourth-order valence-electron chi connectivity index (χ4n) is 2.46. The Bertz CT molecular complexity index is 725. The Morgan fingerprint density at radius 2 is 1.92 bits per heavy atom. The summed E-state index contributed by atoms with van der Waals surface area (Å²) in [5, 5.41) is 2.82. The predicted molar refractivity (Wildman–Crippen MR) is 96.8 cm³/mol.